The fraction of sp³-hybridized carbons (Fsp3) is 0.261. The fourth-order valence-electron chi connectivity index (χ4n) is 2.79. The molecule has 0 N–H and O–H groups in total. The highest BCUT2D eigenvalue weighted by molar-refractivity contribution is 6.32. The number of aryl methyl sites for hydroxylation is 1. The Morgan fingerprint density at radius 1 is 1.20 bits per heavy atom. The van der Waals surface area contributed by atoms with E-state index in [0.29, 0.717) is 29.9 Å². The van der Waals surface area contributed by atoms with Crippen molar-refractivity contribution in [2.45, 2.75) is 33.6 Å². The van der Waals surface area contributed by atoms with Crippen LogP contribution in [0.3, 0.4) is 0 Å². The van der Waals surface area contributed by atoms with Crippen molar-refractivity contribution in [2.24, 2.45) is 4.99 Å². The van der Waals surface area contributed by atoms with E-state index in [1.165, 1.54) is 0 Å². The Morgan fingerprint density at radius 2 is 1.93 bits per heavy atom. The van der Waals surface area contributed by atoms with Crippen LogP contribution in [0.4, 0.5) is 0 Å². The molecular formula is C23H22ClNO5. The molecular weight excluding hydrogens is 406 g/mol. The maximum absolute atomic E-state index is 12.3. The number of hydrogen-bond acceptors (Lipinski definition) is 6. The molecule has 1 aliphatic rings. The molecule has 0 spiro atoms. The van der Waals surface area contributed by atoms with Gasteiger partial charge in [-0.05, 0) is 56.2 Å². The molecule has 1 aliphatic heterocycles. The average molecular weight is 428 g/mol. The van der Waals surface area contributed by atoms with Gasteiger partial charge < -0.3 is 14.2 Å². The number of ether oxygens (including phenoxy) is 3. The number of aliphatic imine (C=N–C) groups is 1. The molecule has 6 nitrogen and oxygen atoms in total. The van der Waals surface area contributed by atoms with Crippen molar-refractivity contribution in [1.29, 1.82) is 0 Å². The molecule has 2 aromatic rings. The summed E-state index contributed by atoms with van der Waals surface area (Å²) in [4.78, 5) is 28.5. The predicted octanol–water partition coefficient (Wildman–Crippen LogP) is 5.10. The SMILES string of the molecule is CCCC(=O)Oc1c(Cl)cc(/C=C2\N=C(c3ccc(C)cc3)OC2=O)cc1OCC. The van der Waals surface area contributed by atoms with Crippen molar-refractivity contribution in [3.63, 3.8) is 0 Å². The van der Waals surface area contributed by atoms with Gasteiger partial charge in [-0.25, -0.2) is 9.79 Å². The minimum Gasteiger partial charge on any atom is -0.490 e. The molecule has 0 aromatic heterocycles. The summed E-state index contributed by atoms with van der Waals surface area (Å²) in [6.07, 6.45) is 2.49. The van der Waals surface area contributed by atoms with Gasteiger partial charge in [0.25, 0.3) is 0 Å². The Balaban J connectivity index is 1.93. The van der Waals surface area contributed by atoms with Crippen molar-refractivity contribution in [2.75, 3.05) is 6.61 Å². The summed E-state index contributed by atoms with van der Waals surface area (Å²) < 4.78 is 16.2. The number of carbonyl (C=O) groups is 2. The highest BCUT2D eigenvalue weighted by atomic mass is 35.5. The highest BCUT2D eigenvalue weighted by Gasteiger charge is 2.24. The van der Waals surface area contributed by atoms with Crippen LogP contribution in [-0.4, -0.2) is 24.4 Å². The molecule has 0 saturated carbocycles. The van der Waals surface area contributed by atoms with E-state index in [9.17, 15) is 9.59 Å². The number of esters is 2. The van der Waals surface area contributed by atoms with Gasteiger partial charge in [0.15, 0.2) is 17.2 Å². The van der Waals surface area contributed by atoms with Gasteiger partial charge in [-0.15, -0.1) is 0 Å². The van der Waals surface area contributed by atoms with E-state index in [-0.39, 0.29) is 28.8 Å². The standard InChI is InChI=1S/C23H22ClNO5/c1-4-6-20(26)29-21-17(24)11-15(13-19(21)28-5-2)12-18-23(27)30-22(25-18)16-9-7-14(3)8-10-16/h7-13H,4-6H2,1-3H3/b18-12-. The van der Waals surface area contributed by atoms with Gasteiger partial charge in [0, 0.05) is 12.0 Å². The van der Waals surface area contributed by atoms with Crippen LogP contribution in [0.2, 0.25) is 5.02 Å². The smallest absolute Gasteiger partial charge is 0.363 e. The third-order valence-corrected chi connectivity index (χ3v) is 4.50. The summed E-state index contributed by atoms with van der Waals surface area (Å²) in [5.41, 5.74) is 2.51. The molecule has 156 valence electrons. The Bertz CT molecular complexity index is 1020. The fourth-order valence-corrected chi connectivity index (χ4v) is 3.05. The van der Waals surface area contributed by atoms with E-state index in [1.807, 2.05) is 45.0 Å². The molecule has 30 heavy (non-hydrogen) atoms. The molecule has 0 bridgehead atoms. The largest absolute Gasteiger partial charge is 0.490 e. The minimum atomic E-state index is -0.557. The van der Waals surface area contributed by atoms with E-state index in [1.54, 1.807) is 18.2 Å². The quantitative estimate of drug-likeness (QED) is 0.349. The Labute approximate surface area is 180 Å². The molecule has 2 aromatic carbocycles. The lowest BCUT2D eigenvalue weighted by molar-refractivity contribution is -0.134. The molecule has 0 unspecified atom stereocenters. The maximum Gasteiger partial charge on any atom is 0.363 e. The van der Waals surface area contributed by atoms with Crippen molar-refractivity contribution < 1.29 is 23.8 Å². The molecule has 1 heterocycles. The lowest BCUT2D eigenvalue weighted by atomic mass is 10.1. The zero-order valence-electron chi connectivity index (χ0n) is 17.0. The van der Waals surface area contributed by atoms with Gasteiger partial charge in [0.1, 0.15) is 0 Å². The van der Waals surface area contributed by atoms with E-state index in [2.05, 4.69) is 4.99 Å². The molecule has 0 atom stereocenters. The molecule has 0 saturated heterocycles. The van der Waals surface area contributed by atoms with Gasteiger partial charge in [-0.2, -0.15) is 0 Å². The summed E-state index contributed by atoms with van der Waals surface area (Å²) in [5, 5.41) is 0.200. The van der Waals surface area contributed by atoms with Crippen LogP contribution >= 0.6 is 11.6 Å². The predicted molar refractivity (Wildman–Crippen MR) is 115 cm³/mol. The van der Waals surface area contributed by atoms with E-state index in [4.69, 9.17) is 25.8 Å². The number of carbonyl (C=O) groups excluding carboxylic acids is 2. The van der Waals surface area contributed by atoms with Crippen LogP contribution in [0.15, 0.2) is 47.1 Å². The zero-order chi connectivity index (χ0) is 21.7. The van der Waals surface area contributed by atoms with Crippen LogP contribution in [0, 0.1) is 6.92 Å². The molecule has 0 fully saturated rings. The number of nitrogens with zero attached hydrogens (tertiary/aromatic N) is 1. The van der Waals surface area contributed by atoms with Gasteiger partial charge >= 0.3 is 11.9 Å². The summed E-state index contributed by atoms with van der Waals surface area (Å²) in [5.74, 6) is -0.226. The first kappa shape index (κ1) is 21.6. The number of cyclic esters (lactones) is 1. The first-order chi connectivity index (χ1) is 14.4. The van der Waals surface area contributed by atoms with Crippen LogP contribution in [0.1, 0.15) is 43.4 Å². The summed E-state index contributed by atoms with van der Waals surface area (Å²) >= 11 is 6.34. The molecule has 7 heteroatoms. The van der Waals surface area contributed by atoms with Crippen molar-refractivity contribution in [3.8, 4) is 11.5 Å². The maximum atomic E-state index is 12.3. The second-order valence-electron chi connectivity index (χ2n) is 6.69. The molecule has 3 rings (SSSR count). The van der Waals surface area contributed by atoms with Gasteiger partial charge in [0.05, 0.1) is 11.6 Å². The van der Waals surface area contributed by atoms with Gasteiger partial charge in [-0.1, -0.05) is 36.2 Å². The number of rotatable bonds is 7. The lowest BCUT2D eigenvalue weighted by Gasteiger charge is -2.13. The molecule has 0 aliphatic carbocycles. The lowest BCUT2D eigenvalue weighted by Crippen LogP contribution is -2.09. The average Bonchev–Trinajstić information content (AvgIpc) is 3.06. The number of benzene rings is 2. The number of hydrogen-bond donors (Lipinski definition) is 0. The normalized spacial score (nSPS) is 14.5. The number of halogens is 1. The summed E-state index contributed by atoms with van der Waals surface area (Å²) in [7, 11) is 0. The third-order valence-electron chi connectivity index (χ3n) is 4.22. The Hall–Kier alpha value is -3.12. The van der Waals surface area contributed by atoms with Crippen molar-refractivity contribution in [1.82, 2.24) is 0 Å². The zero-order valence-corrected chi connectivity index (χ0v) is 17.8. The van der Waals surface area contributed by atoms with E-state index >= 15 is 0 Å². The Morgan fingerprint density at radius 3 is 2.60 bits per heavy atom. The second kappa shape index (κ2) is 9.59. The minimum absolute atomic E-state index is 0.139. The first-order valence-corrected chi connectivity index (χ1v) is 10.1. The van der Waals surface area contributed by atoms with Crippen molar-refractivity contribution in [3.05, 3.63) is 63.8 Å². The van der Waals surface area contributed by atoms with Crippen LogP contribution in [0.25, 0.3) is 6.08 Å². The van der Waals surface area contributed by atoms with Gasteiger partial charge in [0.2, 0.25) is 5.90 Å². The Kier molecular flexibility index (Phi) is 6.90. The van der Waals surface area contributed by atoms with E-state index < -0.39 is 11.9 Å². The topological polar surface area (TPSA) is 74.2 Å². The monoisotopic (exact) mass is 427 g/mol. The molecule has 0 amide bonds. The van der Waals surface area contributed by atoms with Crippen LogP contribution in [0.5, 0.6) is 11.5 Å². The molecule has 0 radical (unpaired) electrons. The third kappa shape index (κ3) is 5.07. The van der Waals surface area contributed by atoms with E-state index in [0.717, 1.165) is 5.56 Å². The van der Waals surface area contributed by atoms with Crippen LogP contribution < -0.4 is 9.47 Å². The van der Waals surface area contributed by atoms with Crippen LogP contribution in [-0.2, 0) is 14.3 Å². The van der Waals surface area contributed by atoms with Crippen molar-refractivity contribution >= 4 is 35.5 Å². The second-order valence-corrected chi connectivity index (χ2v) is 7.10. The summed E-state index contributed by atoms with van der Waals surface area (Å²) in [6, 6.07) is 10.7. The first-order valence-electron chi connectivity index (χ1n) is 9.67. The van der Waals surface area contributed by atoms with Gasteiger partial charge in [-0.3, -0.25) is 4.79 Å². The summed E-state index contributed by atoms with van der Waals surface area (Å²) in [6.45, 7) is 6.02. The highest BCUT2D eigenvalue weighted by Crippen LogP contribution is 2.38.